The topological polar surface area (TPSA) is 58.3 Å². The lowest BCUT2D eigenvalue weighted by atomic mass is 9.96. The number of hydrogen-bond donors (Lipinski definition) is 3. The fourth-order valence-electron chi connectivity index (χ4n) is 2.58. The van der Waals surface area contributed by atoms with Crippen molar-refractivity contribution in [3.63, 3.8) is 0 Å². The number of hydrogen-bond acceptors (Lipinski definition) is 3. The van der Waals surface area contributed by atoms with Crippen LogP contribution in [0.3, 0.4) is 0 Å². The molecule has 3 nitrogen and oxygen atoms in total. The van der Waals surface area contributed by atoms with Crippen LogP contribution < -0.4 is 11.1 Å². The molecule has 0 amide bonds. The van der Waals surface area contributed by atoms with Gasteiger partial charge in [0.15, 0.2) is 0 Å². The molecule has 1 saturated carbocycles. The second-order valence-corrected chi connectivity index (χ2v) is 5.04. The molecule has 0 spiro atoms. The predicted octanol–water partition coefficient (Wildman–Crippen LogP) is 1.26. The van der Waals surface area contributed by atoms with Crippen LogP contribution in [0.5, 0.6) is 0 Å². The van der Waals surface area contributed by atoms with Crippen molar-refractivity contribution in [2.75, 3.05) is 19.7 Å². The van der Waals surface area contributed by atoms with Gasteiger partial charge in [-0.25, -0.2) is 0 Å². The minimum absolute atomic E-state index is 0.221. The van der Waals surface area contributed by atoms with E-state index < -0.39 is 0 Å². The molecule has 0 aromatic heterocycles. The molecule has 0 radical (unpaired) electrons. The molecule has 2 unspecified atom stereocenters. The number of nitrogens with two attached hydrogens (primary N) is 1. The Labute approximate surface area is 93.4 Å². The standard InChI is InChI=1S/C12H26N2O/c1-11-5-6-12(9-11,10-13)14-7-3-2-4-8-15/h11,14-15H,2-10,13H2,1H3. The molecule has 0 bridgehead atoms. The predicted molar refractivity (Wildman–Crippen MR) is 63.7 cm³/mol. The summed E-state index contributed by atoms with van der Waals surface area (Å²) < 4.78 is 0. The lowest BCUT2D eigenvalue weighted by molar-refractivity contribution is 0.278. The second-order valence-electron chi connectivity index (χ2n) is 5.04. The Kier molecular flexibility index (Phi) is 5.58. The van der Waals surface area contributed by atoms with E-state index in [1.807, 2.05) is 0 Å². The Morgan fingerprint density at radius 1 is 1.40 bits per heavy atom. The lowest BCUT2D eigenvalue weighted by Gasteiger charge is -2.29. The summed E-state index contributed by atoms with van der Waals surface area (Å²) in [6.45, 7) is 4.44. The first kappa shape index (κ1) is 12.9. The van der Waals surface area contributed by atoms with Crippen LogP contribution >= 0.6 is 0 Å². The van der Waals surface area contributed by atoms with Gasteiger partial charge in [-0.2, -0.15) is 0 Å². The van der Waals surface area contributed by atoms with E-state index >= 15 is 0 Å². The van der Waals surface area contributed by atoms with Crippen LogP contribution in [0.15, 0.2) is 0 Å². The van der Waals surface area contributed by atoms with E-state index in [-0.39, 0.29) is 5.54 Å². The van der Waals surface area contributed by atoms with Gasteiger partial charge in [0.1, 0.15) is 0 Å². The van der Waals surface area contributed by atoms with Crippen molar-refractivity contribution >= 4 is 0 Å². The third-order valence-electron chi connectivity index (χ3n) is 3.58. The van der Waals surface area contributed by atoms with E-state index in [4.69, 9.17) is 10.8 Å². The monoisotopic (exact) mass is 214 g/mol. The molecule has 1 fully saturated rings. The quantitative estimate of drug-likeness (QED) is 0.559. The first-order chi connectivity index (χ1) is 7.22. The maximum Gasteiger partial charge on any atom is 0.0431 e. The second kappa shape index (κ2) is 6.46. The number of nitrogens with one attached hydrogen (secondary N) is 1. The normalized spacial score (nSPS) is 31.0. The van der Waals surface area contributed by atoms with Gasteiger partial charge in [0.2, 0.25) is 0 Å². The highest BCUT2D eigenvalue weighted by atomic mass is 16.2. The van der Waals surface area contributed by atoms with Crippen LogP contribution in [0, 0.1) is 5.92 Å². The summed E-state index contributed by atoms with van der Waals surface area (Å²) in [7, 11) is 0. The maximum absolute atomic E-state index is 8.67. The highest BCUT2D eigenvalue weighted by Gasteiger charge is 2.35. The molecular formula is C12H26N2O. The van der Waals surface area contributed by atoms with Crippen LogP contribution in [0.2, 0.25) is 0 Å². The average molecular weight is 214 g/mol. The molecule has 2 atom stereocenters. The number of aliphatic hydroxyl groups is 1. The smallest absolute Gasteiger partial charge is 0.0431 e. The third-order valence-corrected chi connectivity index (χ3v) is 3.58. The van der Waals surface area contributed by atoms with Crippen molar-refractivity contribution < 1.29 is 5.11 Å². The first-order valence-corrected chi connectivity index (χ1v) is 6.28. The molecule has 3 heteroatoms. The number of unbranched alkanes of at least 4 members (excludes halogenated alkanes) is 2. The minimum atomic E-state index is 0.221. The Morgan fingerprint density at radius 3 is 2.73 bits per heavy atom. The van der Waals surface area contributed by atoms with Gasteiger partial charge in [0.25, 0.3) is 0 Å². The fraction of sp³-hybridized carbons (Fsp3) is 1.00. The molecule has 1 aliphatic carbocycles. The van der Waals surface area contributed by atoms with Crippen LogP contribution in [0.4, 0.5) is 0 Å². The molecule has 4 N–H and O–H groups in total. The van der Waals surface area contributed by atoms with E-state index in [1.165, 1.54) is 19.3 Å². The molecular weight excluding hydrogens is 188 g/mol. The molecule has 1 aliphatic rings. The molecule has 1 rings (SSSR count). The van der Waals surface area contributed by atoms with E-state index in [2.05, 4.69) is 12.2 Å². The molecule has 15 heavy (non-hydrogen) atoms. The zero-order valence-corrected chi connectivity index (χ0v) is 9.97. The summed E-state index contributed by atoms with van der Waals surface area (Å²) in [5.74, 6) is 0.818. The summed E-state index contributed by atoms with van der Waals surface area (Å²) in [5.41, 5.74) is 6.09. The van der Waals surface area contributed by atoms with Gasteiger partial charge < -0.3 is 16.2 Å². The zero-order chi connectivity index (χ0) is 11.1. The van der Waals surface area contributed by atoms with Crippen LogP contribution in [0.1, 0.15) is 45.4 Å². The van der Waals surface area contributed by atoms with Gasteiger partial charge in [0.05, 0.1) is 0 Å². The van der Waals surface area contributed by atoms with Crippen molar-refractivity contribution in [2.24, 2.45) is 11.7 Å². The molecule has 0 aromatic carbocycles. The van der Waals surface area contributed by atoms with Crippen molar-refractivity contribution in [1.29, 1.82) is 0 Å². The van der Waals surface area contributed by atoms with Gasteiger partial charge in [-0.3, -0.25) is 0 Å². The van der Waals surface area contributed by atoms with Crippen LogP contribution in [0.25, 0.3) is 0 Å². The average Bonchev–Trinajstić information content (AvgIpc) is 2.61. The number of aliphatic hydroxyl groups excluding tert-OH is 1. The summed E-state index contributed by atoms with van der Waals surface area (Å²) in [4.78, 5) is 0. The summed E-state index contributed by atoms with van der Waals surface area (Å²) in [5, 5.41) is 12.3. The SMILES string of the molecule is CC1CCC(CN)(NCCCCCO)C1. The molecule has 90 valence electrons. The lowest BCUT2D eigenvalue weighted by Crippen LogP contribution is -2.49. The van der Waals surface area contributed by atoms with Gasteiger partial charge in [-0.05, 0) is 51.0 Å². The van der Waals surface area contributed by atoms with E-state index in [1.54, 1.807) is 0 Å². The van der Waals surface area contributed by atoms with Crippen LogP contribution in [-0.4, -0.2) is 30.3 Å². The number of rotatable bonds is 7. The Morgan fingerprint density at radius 2 is 2.20 bits per heavy atom. The molecule has 0 aliphatic heterocycles. The van der Waals surface area contributed by atoms with Gasteiger partial charge >= 0.3 is 0 Å². The largest absolute Gasteiger partial charge is 0.396 e. The molecule has 0 heterocycles. The Bertz CT molecular complexity index is 175. The minimum Gasteiger partial charge on any atom is -0.396 e. The zero-order valence-electron chi connectivity index (χ0n) is 9.97. The summed E-state index contributed by atoms with van der Waals surface area (Å²) in [6.07, 6.45) is 6.94. The highest BCUT2D eigenvalue weighted by Crippen LogP contribution is 2.33. The summed E-state index contributed by atoms with van der Waals surface area (Å²) in [6, 6.07) is 0. The Hall–Kier alpha value is -0.120. The Balaban J connectivity index is 2.17. The van der Waals surface area contributed by atoms with E-state index in [0.717, 1.165) is 38.3 Å². The van der Waals surface area contributed by atoms with Gasteiger partial charge in [-0.15, -0.1) is 0 Å². The van der Waals surface area contributed by atoms with Crippen molar-refractivity contribution in [3.05, 3.63) is 0 Å². The van der Waals surface area contributed by atoms with Gasteiger partial charge in [-0.1, -0.05) is 6.92 Å². The summed E-state index contributed by atoms with van der Waals surface area (Å²) >= 11 is 0. The van der Waals surface area contributed by atoms with Crippen molar-refractivity contribution in [3.8, 4) is 0 Å². The van der Waals surface area contributed by atoms with Gasteiger partial charge in [0, 0.05) is 18.7 Å². The first-order valence-electron chi connectivity index (χ1n) is 6.28. The van der Waals surface area contributed by atoms with E-state index in [9.17, 15) is 0 Å². The third kappa shape index (κ3) is 4.09. The van der Waals surface area contributed by atoms with E-state index in [0.29, 0.717) is 6.61 Å². The van der Waals surface area contributed by atoms with Crippen LogP contribution in [-0.2, 0) is 0 Å². The maximum atomic E-state index is 8.67. The van der Waals surface area contributed by atoms with Crippen molar-refractivity contribution in [1.82, 2.24) is 5.32 Å². The highest BCUT2D eigenvalue weighted by molar-refractivity contribution is 4.95. The molecule has 0 aromatic rings. The molecule has 0 saturated heterocycles. The van der Waals surface area contributed by atoms with Crippen molar-refractivity contribution in [2.45, 2.75) is 51.0 Å². The fourth-order valence-corrected chi connectivity index (χ4v) is 2.58.